The Hall–Kier alpha value is -1.95. The molecule has 0 bridgehead atoms. The number of hydrogen-bond donors (Lipinski definition) is 1. The minimum absolute atomic E-state index is 0.300. The van der Waals surface area contributed by atoms with E-state index >= 15 is 0 Å². The molecule has 128 valence electrons. The summed E-state index contributed by atoms with van der Waals surface area (Å²) in [6.45, 7) is 3.27. The lowest BCUT2D eigenvalue weighted by Gasteiger charge is -2.34. The van der Waals surface area contributed by atoms with Crippen LogP contribution in [0.3, 0.4) is 0 Å². The van der Waals surface area contributed by atoms with Gasteiger partial charge in [-0.05, 0) is 43.7 Å². The van der Waals surface area contributed by atoms with Gasteiger partial charge < -0.3 is 9.64 Å². The zero-order chi connectivity index (χ0) is 16.4. The van der Waals surface area contributed by atoms with E-state index in [1.807, 2.05) is 4.90 Å². The van der Waals surface area contributed by atoms with Crippen LogP contribution in [0.1, 0.15) is 43.7 Å². The Morgan fingerprint density at radius 2 is 2.17 bits per heavy atom. The van der Waals surface area contributed by atoms with Gasteiger partial charge in [-0.1, -0.05) is 0 Å². The van der Waals surface area contributed by atoms with Crippen LogP contribution in [0.5, 0.6) is 0 Å². The lowest BCUT2D eigenvalue weighted by molar-refractivity contribution is -0.134. The Balaban J connectivity index is 1.41. The van der Waals surface area contributed by atoms with Crippen molar-refractivity contribution in [3.63, 3.8) is 0 Å². The molecule has 1 atom stereocenters. The predicted octanol–water partition coefficient (Wildman–Crippen LogP) is 2.48. The molecule has 0 aliphatic carbocycles. The van der Waals surface area contributed by atoms with E-state index in [9.17, 15) is 4.79 Å². The second kappa shape index (κ2) is 6.89. The summed E-state index contributed by atoms with van der Waals surface area (Å²) >= 11 is 0. The fourth-order valence-corrected chi connectivity index (χ4v) is 3.84. The van der Waals surface area contributed by atoms with Gasteiger partial charge in [0.15, 0.2) is 5.65 Å². The molecule has 1 amide bonds. The van der Waals surface area contributed by atoms with E-state index in [0.717, 1.165) is 68.7 Å². The van der Waals surface area contributed by atoms with Gasteiger partial charge in [0.05, 0.1) is 6.20 Å². The number of nitrogens with one attached hydrogen (secondary N) is 1. The number of ether oxygens (including phenoxy) is 1. The molecule has 0 saturated carbocycles. The molecular formula is C18H24N4O2. The maximum atomic E-state index is 12.7. The largest absolute Gasteiger partial charge is 0.381 e. The Morgan fingerprint density at radius 1 is 1.29 bits per heavy atom. The van der Waals surface area contributed by atoms with Gasteiger partial charge in [-0.15, -0.1) is 0 Å². The Morgan fingerprint density at radius 3 is 3.04 bits per heavy atom. The van der Waals surface area contributed by atoms with Gasteiger partial charge in [0.2, 0.25) is 5.91 Å². The number of carbonyl (C=O) groups excluding carboxylic acids is 1. The van der Waals surface area contributed by atoms with Crippen molar-refractivity contribution >= 4 is 16.9 Å². The number of piperidine rings is 1. The maximum Gasteiger partial charge on any atom is 0.222 e. The first-order chi connectivity index (χ1) is 11.8. The highest BCUT2D eigenvalue weighted by Crippen LogP contribution is 2.28. The Bertz CT molecular complexity index is 708. The lowest BCUT2D eigenvalue weighted by Crippen LogP contribution is -2.40. The smallest absolute Gasteiger partial charge is 0.222 e. The highest BCUT2D eigenvalue weighted by atomic mass is 16.5. The number of H-pyrrole nitrogens is 1. The van der Waals surface area contributed by atoms with Crippen LogP contribution < -0.4 is 0 Å². The first-order valence-electron chi connectivity index (χ1n) is 8.95. The van der Waals surface area contributed by atoms with Gasteiger partial charge in [-0.3, -0.25) is 9.89 Å². The van der Waals surface area contributed by atoms with Crippen LogP contribution >= 0.6 is 0 Å². The molecule has 0 spiro atoms. The number of likely N-dealkylation sites (tertiary alicyclic amines) is 1. The molecule has 2 aliphatic rings. The van der Waals surface area contributed by atoms with Gasteiger partial charge in [0, 0.05) is 49.7 Å². The van der Waals surface area contributed by atoms with Crippen LogP contribution in [0.15, 0.2) is 18.3 Å². The number of pyridine rings is 1. The molecule has 6 heteroatoms. The average Bonchev–Trinajstić information content (AvgIpc) is 3.10. The third-order valence-electron chi connectivity index (χ3n) is 5.32. The summed E-state index contributed by atoms with van der Waals surface area (Å²) in [5.41, 5.74) is 1.90. The maximum absolute atomic E-state index is 12.7. The zero-order valence-corrected chi connectivity index (χ0v) is 13.9. The molecule has 4 rings (SSSR count). The third-order valence-corrected chi connectivity index (χ3v) is 5.32. The molecular weight excluding hydrogens is 304 g/mol. The number of nitrogens with zero attached hydrogens (tertiary/aromatic N) is 3. The minimum Gasteiger partial charge on any atom is -0.381 e. The van der Waals surface area contributed by atoms with Crippen molar-refractivity contribution in [3.8, 4) is 0 Å². The Kier molecular flexibility index (Phi) is 4.47. The summed E-state index contributed by atoms with van der Waals surface area (Å²) in [4.78, 5) is 19.4. The van der Waals surface area contributed by atoms with Gasteiger partial charge in [-0.25, -0.2) is 4.98 Å². The summed E-state index contributed by atoms with van der Waals surface area (Å²) < 4.78 is 5.39. The number of aromatic amines is 1. The molecule has 0 aromatic carbocycles. The summed E-state index contributed by atoms with van der Waals surface area (Å²) in [7, 11) is 0. The average molecular weight is 328 g/mol. The third kappa shape index (κ3) is 3.29. The van der Waals surface area contributed by atoms with Gasteiger partial charge in [0.25, 0.3) is 0 Å². The highest BCUT2D eigenvalue weighted by molar-refractivity contribution is 5.77. The van der Waals surface area contributed by atoms with E-state index in [2.05, 4.69) is 22.3 Å². The van der Waals surface area contributed by atoms with Crippen molar-refractivity contribution < 1.29 is 9.53 Å². The number of fused-ring (bicyclic) bond motifs is 1. The van der Waals surface area contributed by atoms with Crippen LogP contribution in [0.25, 0.3) is 11.0 Å². The monoisotopic (exact) mass is 328 g/mol. The van der Waals surface area contributed by atoms with Gasteiger partial charge >= 0.3 is 0 Å². The van der Waals surface area contributed by atoms with E-state index in [1.54, 1.807) is 6.20 Å². The van der Waals surface area contributed by atoms with Crippen LogP contribution in [-0.2, 0) is 9.53 Å². The number of rotatable bonds is 3. The number of amides is 1. The van der Waals surface area contributed by atoms with Crippen LogP contribution in [0, 0.1) is 5.92 Å². The lowest BCUT2D eigenvalue weighted by atomic mass is 9.92. The highest BCUT2D eigenvalue weighted by Gasteiger charge is 2.27. The van der Waals surface area contributed by atoms with E-state index < -0.39 is 0 Å². The number of aromatic nitrogens is 3. The molecule has 2 aliphatic heterocycles. The SMILES string of the molecule is O=C(CC1CCOCC1)N1CCC[C@H](c2ccc3cn[nH]c3n2)C1. The van der Waals surface area contributed by atoms with E-state index in [4.69, 9.17) is 9.72 Å². The van der Waals surface area contributed by atoms with E-state index in [-0.39, 0.29) is 0 Å². The summed E-state index contributed by atoms with van der Waals surface area (Å²) in [5, 5.41) is 8.00. The molecule has 2 saturated heterocycles. The number of carbonyl (C=O) groups is 1. The number of hydrogen-bond acceptors (Lipinski definition) is 4. The van der Waals surface area contributed by atoms with E-state index in [0.29, 0.717) is 24.2 Å². The zero-order valence-electron chi connectivity index (χ0n) is 13.9. The fourth-order valence-electron chi connectivity index (χ4n) is 3.84. The van der Waals surface area contributed by atoms with Crippen molar-refractivity contribution in [2.75, 3.05) is 26.3 Å². The molecule has 1 N–H and O–H groups in total. The van der Waals surface area contributed by atoms with Crippen LogP contribution in [0.4, 0.5) is 0 Å². The molecule has 0 unspecified atom stereocenters. The van der Waals surface area contributed by atoms with Gasteiger partial charge in [0.1, 0.15) is 0 Å². The topological polar surface area (TPSA) is 71.1 Å². The van der Waals surface area contributed by atoms with Crippen molar-refractivity contribution in [3.05, 3.63) is 24.0 Å². The second-order valence-electron chi connectivity index (χ2n) is 6.98. The molecule has 2 fully saturated rings. The molecule has 0 radical (unpaired) electrons. The van der Waals surface area contributed by atoms with Crippen molar-refractivity contribution in [1.82, 2.24) is 20.1 Å². The van der Waals surface area contributed by atoms with Crippen LogP contribution in [-0.4, -0.2) is 52.3 Å². The second-order valence-corrected chi connectivity index (χ2v) is 6.98. The van der Waals surface area contributed by atoms with E-state index in [1.165, 1.54) is 0 Å². The molecule has 2 aromatic heterocycles. The first kappa shape index (κ1) is 15.6. The van der Waals surface area contributed by atoms with Crippen molar-refractivity contribution in [1.29, 1.82) is 0 Å². The Labute approximate surface area is 141 Å². The summed E-state index contributed by atoms with van der Waals surface area (Å²) in [6.07, 6.45) is 6.63. The quantitative estimate of drug-likeness (QED) is 0.939. The van der Waals surface area contributed by atoms with Crippen molar-refractivity contribution in [2.24, 2.45) is 5.92 Å². The van der Waals surface area contributed by atoms with Gasteiger partial charge in [-0.2, -0.15) is 5.10 Å². The molecule has 4 heterocycles. The van der Waals surface area contributed by atoms with Crippen molar-refractivity contribution in [2.45, 2.75) is 38.0 Å². The normalized spacial score (nSPS) is 22.8. The minimum atomic E-state index is 0.300. The summed E-state index contributed by atoms with van der Waals surface area (Å²) in [5.74, 6) is 1.12. The first-order valence-corrected chi connectivity index (χ1v) is 8.95. The fraction of sp³-hybridized carbons (Fsp3) is 0.611. The standard InChI is InChI=1S/C18H24N4O2/c23-17(10-13-5-8-24-9-6-13)22-7-1-2-15(12-22)16-4-3-14-11-19-21-18(14)20-16/h3-4,11,13,15H,1-2,5-10,12H2,(H,19,20,21)/t15-/m0/s1. The molecule has 6 nitrogen and oxygen atoms in total. The van der Waals surface area contributed by atoms with Crippen LogP contribution in [0.2, 0.25) is 0 Å². The predicted molar refractivity (Wildman–Crippen MR) is 90.6 cm³/mol. The molecule has 2 aromatic rings. The summed E-state index contributed by atoms with van der Waals surface area (Å²) in [6, 6.07) is 4.14. The molecule has 24 heavy (non-hydrogen) atoms.